The van der Waals surface area contributed by atoms with Crippen molar-refractivity contribution >= 4 is 29.6 Å². The third kappa shape index (κ3) is 2.41. The maximum absolute atomic E-state index is 13.1. The smallest absolute Gasteiger partial charge is 0.276 e. The average molecular weight is 358 g/mol. The summed E-state index contributed by atoms with van der Waals surface area (Å²) >= 11 is 6.10. The van der Waals surface area contributed by atoms with Gasteiger partial charge in [0.15, 0.2) is 6.29 Å². The van der Waals surface area contributed by atoms with Crippen molar-refractivity contribution in [2.45, 2.75) is 45.1 Å². The molecule has 0 N–H and O–H groups in total. The molecule has 0 bridgehead atoms. The van der Waals surface area contributed by atoms with Gasteiger partial charge in [0.1, 0.15) is 11.5 Å². The lowest BCUT2D eigenvalue weighted by molar-refractivity contribution is 0.0963. The van der Waals surface area contributed by atoms with Gasteiger partial charge in [-0.15, -0.1) is 0 Å². The molecule has 0 unspecified atom stereocenters. The second-order valence-corrected chi connectivity index (χ2v) is 7.41. The summed E-state index contributed by atoms with van der Waals surface area (Å²) < 4.78 is 2.17. The zero-order chi connectivity index (χ0) is 17.7. The number of hydrogen-bond donors (Lipinski definition) is 0. The van der Waals surface area contributed by atoms with E-state index in [9.17, 15) is 9.59 Å². The van der Waals surface area contributed by atoms with Gasteiger partial charge in [-0.05, 0) is 42.4 Å². The van der Waals surface area contributed by atoms with Gasteiger partial charge in [0, 0.05) is 25.0 Å². The molecule has 1 aliphatic carbocycles. The molecule has 2 aliphatic rings. The monoisotopic (exact) mass is 357 g/mol. The molecule has 2 aromatic rings. The van der Waals surface area contributed by atoms with Gasteiger partial charge in [-0.1, -0.05) is 25.4 Å². The van der Waals surface area contributed by atoms with Crippen LogP contribution in [0.4, 0.5) is 5.82 Å². The van der Waals surface area contributed by atoms with E-state index in [1.807, 2.05) is 6.07 Å². The topological polar surface area (TPSA) is 55.2 Å². The molecule has 25 heavy (non-hydrogen) atoms. The highest BCUT2D eigenvalue weighted by Gasteiger charge is 2.35. The van der Waals surface area contributed by atoms with Crippen LogP contribution in [0.5, 0.6) is 0 Å². The van der Waals surface area contributed by atoms with Crippen molar-refractivity contribution in [2.75, 3.05) is 11.4 Å². The quantitative estimate of drug-likeness (QED) is 0.763. The Morgan fingerprint density at radius 1 is 1.24 bits per heavy atom. The first kappa shape index (κ1) is 16.3. The molecule has 0 spiro atoms. The third-order valence-electron chi connectivity index (χ3n) is 5.50. The Morgan fingerprint density at radius 3 is 2.76 bits per heavy atom. The number of hydrogen-bond acceptors (Lipinski definition) is 3. The molecule has 6 heteroatoms. The van der Waals surface area contributed by atoms with Gasteiger partial charge in [0.05, 0.1) is 10.6 Å². The minimum atomic E-state index is -0.113. The van der Waals surface area contributed by atoms with Crippen LogP contribution in [-0.2, 0) is 6.54 Å². The zero-order valence-electron chi connectivity index (χ0n) is 14.3. The van der Waals surface area contributed by atoms with Crippen LogP contribution in [0.1, 0.15) is 70.6 Å². The van der Waals surface area contributed by atoms with E-state index >= 15 is 0 Å². The molecule has 0 fully saturated rings. The van der Waals surface area contributed by atoms with Crippen molar-refractivity contribution in [3.8, 4) is 0 Å². The number of carbonyl (C=O) groups excluding carboxylic acids is 2. The Morgan fingerprint density at radius 2 is 2.00 bits per heavy atom. The Hall–Kier alpha value is -2.14. The number of fused-ring (bicyclic) bond motifs is 3. The fourth-order valence-corrected chi connectivity index (χ4v) is 4.33. The van der Waals surface area contributed by atoms with E-state index in [4.69, 9.17) is 11.6 Å². The van der Waals surface area contributed by atoms with E-state index in [2.05, 4.69) is 23.4 Å². The SMILES string of the molecule is C[C@@H]1CC[C@H](C)c2c1cc1n2CCN(c2nccc(Cl)c2C=O)C1=O. The molecular formula is C19H20ClN3O2. The van der Waals surface area contributed by atoms with Crippen LogP contribution in [0.3, 0.4) is 0 Å². The second-order valence-electron chi connectivity index (χ2n) is 7.01. The molecule has 4 rings (SSSR count). The fourth-order valence-electron chi connectivity index (χ4n) is 4.15. The number of nitrogens with zero attached hydrogens (tertiary/aromatic N) is 3. The molecule has 1 aliphatic heterocycles. The summed E-state index contributed by atoms with van der Waals surface area (Å²) in [7, 11) is 0. The highest BCUT2D eigenvalue weighted by molar-refractivity contribution is 6.33. The van der Waals surface area contributed by atoms with E-state index in [0.717, 1.165) is 12.8 Å². The summed E-state index contributed by atoms with van der Waals surface area (Å²) in [5.74, 6) is 1.17. The number of aromatic nitrogens is 2. The summed E-state index contributed by atoms with van der Waals surface area (Å²) in [4.78, 5) is 30.4. The lowest BCUT2D eigenvalue weighted by atomic mass is 9.82. The van der Waals surface area contributed by atoms with Crippen LogP contribution in [0, 0.1) is 0 Å². The molecule has 1 amide bonds. The van der Waals surface area contributed by atoms with Gasteiger partial charge in [-0.2, -0.15) is 0 Å². The maximum Gasteiger partial charge on any atom is 0.276 e. The molecule has 0 radical (unpaired) electrons. The van der Waals surface area contributed by atoms with E-state index < -0.39 is 0 Å². The predicted molar refractivity (Wildman–Crippen MR) is 96.8 cm³/mol. The molecule has 3 heterocycles. The molecular weight excluding hydrogens is 338 g/mol. The first-order valence-corrected chi connectivity index (χ1v) is 9.05. The molecule has 0 aromatic carbocycles. The Balaban J connectivity index is 1.80. The first-order chi connectivity index (χ1) is 12.0. The van der Waals surface area contributed by atoms with Crippen LogP contribution in [0.15, 0.2) is 18.3 Å². The minimum Gasteiger partial charge on any atom is -0.338 e. The van der Waals surface area contributed by atoms with Crippen LogP contribution in [0.25, 0.3) is 0 Å². The van der Waals surface area contributed by atoms with Crippen molar-refractivity contribution in [1.82, 2.24) is 9.55 Å². The summed E-state index contributed by atoms with van der Waals surface area (Å²) in [6.07, 6.45) is 4.50. The summed E-state index contributed by atoms with van der Waals surface area (Å²) in [5.41, 5.74) is 3.55. The van der Waals surface area contributed by atoms with Gasteiger partial charge in [-0.25, -0.2) is 4.98 Å². The van der Waals surface area contributed by atoms with Crippen molar-refractivity contribution in [1.29, 1.82) is 0 Å². The zero-order valence-corrected chi connectivity index (χ0v) is 15.1. The maximum atomic E-state index is 13.1. The van der Waals surface area contributed by atoms with Gasteiger partial charge in [0.2, 0.25) is 0 Å². The molecule has 5 nitrogen and oxygen atoms in total. The van der Waals surface area contributed by atoms with Gasteiger partial charge >= 0.3 is 0 Å². The van der Waals surface area contributed by atoms with E-state index in [1.165, 1.54) is 17.5 Å². The van der Waals surface area contributed by atoms with Crippen molar-refractivity contribution in [3.63, 3.8) is 0 Å². The molecule has 0 saturated carbocycles. The third-order valence-corrected chi connectivity index (χ3v) is 5.83. The molecule has 2 aromatic heterocycles. The number of carbonyl (C=O) groups is 2. The lowest BCUT2D eigenvalue weighted by Crippen LogP contribution is -2.41. The van der Waals surface area contributed by atoms with Crippen molar-refractivity contribution in [3.05, 3.63) is 45.9 Å². The van der Waals surface area contributed by atoms with Crippen LogP contribution < -0.4 is 4.90 Å². The summed E-state index contributed by atoms with van der Waals surface area (Å²) in [6.45, 7) is 5.65. The standard InChI is InChI=1S/C19H20ClN3O2/c1-11-3-4-12(2)17-13(11)9-16-19(25)23(8-7-22(16)17)18-14(10-24)15(20)5-6-21-18/h5-6,9-12H,3-4,7-8H2,1-2H3/t11-,12+/m1/s1. The predicted octanol–water partition coefficient (Wildman–Crippen LogP) is 4.01. The number of pyridine rings is 1. The largest absolute Gasteiger partial charge is 0.338 e. The number of rotatable bonds is 2. The first-order valence-electron chi connectivity index (χ1n) is 8.67. The van der Waals surface area contributed by atoms with Crippen LogP contribution in [-0.4, -0.2) is 28.3 Å². The molecule has 130 valence electrons. The normalized spacial score (nSPS) is 22.5. The van der Waals surface area contributed by atoms with Crippen LogP contribution in [0.2, 0.25) is 5.02 Å². The van der Waals surface area contributed by atoms with E-state index in [1.54, 1.807) is 11.0 Å². The number of halogens is 1. The van der Waals surface area contributed by atoms with Gasteiger partial charge in [-0.3, -0.25) is 14.5 Å². The van der Waals surface area contributed by atoms with Crippen molar-refractivity contribution < 1.29 is 9.59 Å². The second kappa shape index (κ2) is 5.99. The number of aldehydes is 1. The Kier molecular flexibility index (Phi) is 3.91. The highest BCUT2D eigenvalue weighted by Crippen LogP contribution is 2.41. The number of anilines is 1. The van der Waals surface area contributed by atoms with E-state index in [0.29, 0.717) is 47.7 Å². The lowest BCUT2D eigenvalue weighted by Gasteiger charge is -2.31. The van der Waals surface area contributed by atoms with Crippen LogP contribution >= 0.6 is 11.6 Å². The van der Waals surface area contributed by atoms with E-state index in [-0.39, 0.29) is 11.5 Å². The average Bonchev–Trinajstić information content (AvgIpc) is 3.00. The van der Waals surface area contributed by atoms with Gasteiger partial charge < -0.3 is 4.57 Å². The highest BCUT2D eigenvalue weighted by atomic mass is 35.5. The summed E-state index contributed by atoms with van der Waals surface area (Å²) in [6, 6.07) is 3.60. The van der Waals surface area contributed by atoms with Gasteiger partial charge in [0.25, 0.3) is 5.91 Å². The van der Waals surface area contributed by atoms with Crippen molar-refractivity contribution in [2.24, 2.45) is 0 Å². The summed E-state index contributed by atoms with van der Waals surface area (Å²) in [5, 5.41) is 0.315. The Bertz CT molecular complexity index is 874. The fraction of sp³-hybridized carbons (Fsp3) is 0.421. The molecule has 0 saturated heterocycles. The molecule has 2 atom stereocenters. The minimum absolute atomic E-state index is 0.113. The number of amides is 1. The Labute approximate surface area is 151 Å².